The van der Waals surface area contributed by atoms with Gasteiger partial charge in [0.15, 0.2) is 5.89 Å². The van der Waals surface area contributed by atoms with Gasteiger partial charge in [0.2, 0.25) is 5.76 Å². The Balaban J connectivity index is 2.14. The SMILES string of the molecule is CCc1nc(C)c(C(=O)N[C@H](CC)c2ncc(C)[nH]2)o1. The maximum atomic E-state index is 12.3. The number of nitrogens with zero attached hydrogens (tertiary/aromatic N) is 2. The summed E-state index contributed by atoms with van der Waals surface area (Å²) in [6.45, 7) is 7.63. The molecule has 2 heterocycles. The number of hydrogen-bond donors (Lipinski definition) is 2. The Morgan fingerprint density at radius 1 is 1.45 bits per heavy atom. The molecule has 2 rings (SSSR count). The Kier molecular flexibility index (Phi) is 4.22. The largest absolute Gasteiger partial charge is 0.435 e. The number of hydrogen-bond acceptors (Lipinski definition) is 4. The molecule has 0 saturated heterocycles. The molecule has 1 atom stereocenters. The summed E-state index contributed by atoms with van der Waals surface area (Å²) in [5.74, 6) is 1.36. The molecule has 0 aliphatic carbocycles. The van der Waals surface area contributed by atoms with Crippen molar-refractivity contribution >= 4 is 5.91 Å². The molecule has 0 fully saturated rings. The van der Waals surface area contributed by atoms with Crippen molar-refractivity contribution in [2.24, 2.45) is 0 Å². The minimum absolute atomic E-state index is 0.161. The Labute approximate surface area is 118 Å². The number of nitrogens with one attached hydrogen (secondary N) is 2. The quantitative estimate of drug-likeness (QED) is 0.878. The van der Waals surface area contributed by atoms with Gasteiger partial charge in [-0.3, -0.25) is 4.79 Å². The third kappa shape index (κ3) is 2.89. The van der Waals surface area contributed by atoms with E-state index in [-0.39, 0.29) is 17.7 Å². The Morgan fingerprint density at radius 2 is 2.20 bits per heavy atom. The van der Waals surface area contributed by atoms with Crippen LogP contribution < -0.4 is 5.32 Å². The van der Waals surface area contributed by atoms with Crippen LogP contribution >= 0.6 is 0 Å². The van der Waals surface area contributed by atoms with E-state index >= 15 is 0 Å². The number of oxazole rings is 1. The zero-order valence-corrected chi connectivity index (χ0v) is 12.3. The van der Waals surface area contributed by atoms with Gasteiger partial charge in [0.1, 0.15) is 5.82 Å². The van der Waals surface area contributed by atoms with E-state index in [1.165, 1.54) is 0 Å². The summed E-state index contributed by atoms with van der Waals surface area (Å²) < 4.78 is 5.46. The van der Waals surface area contributed by atoms with Crippen LogP contribution in [-0.4, -0.2) is 20.9 Å². The van der Waals surface area contributed by atoms with Gasteiger partial charge in [-0.25, -0.2) is 9.97 Å². The molecule has 20 heavy (non-hydrogen) atoms. The van der Waals surface area contributed by atoms with E-state index in [1.54, 1.807) is 13.1 Å². The van der Waals surface area contributed by atoms with Crippen molar-refractivity contribution in [3.05, 3.63) is 35.1 Å². The average Bonchev–Trinajstić information content (AvgIpc) is 3.01. The van der Waals surface area contributed by atoms with E-state index in [1.807, 2.05) is 20.8 Å². The summed E-state index contributed by atoms with van der Waals surface area (Å²) in [6, 6.07) is -0.161. The van der Waals surface area contributed by atoms with Crippen molar-refractivity contribution in [3.8, 4) is 0 Å². The van der Waals surface area contributed by atoms with Crippen LogP contribution in [0.25, 0.3) is 0 Å². The van der Waals surface area contributed by atoms with Gasteiger partial charge in [-0.05, 0) is 20.3 Å². The van der Waals surface area contributed by atoms with Crippen molar-refractivity contribution < 1.29 is 9.21 Å². The molecule has 6 heteroatoms. The first kappa shape index (κ1) is 14.3. The number of aromatic nitrogens is 3. The van der Waals surface area contributed by atoms with Crippen molar-refractivity contribution in [1.29, 1.82) is 0 Å². The van der Waals surface area contributed by atoms with Crippen LogP contribution in [0.15, 0.2) is 10.6 Å². The van der Waals surface area contributed by atoms with Gasteiger partial charge < -0.3 is 14.7 Å². The smallest absolute Gasteiger partial charge is 0.289 e. The molecule has 0 unspecified atom stereocenters. The second kappa shape index (κ2) is 5.90. The fourth-order valence-corrected chi connectivity index (χ4v) is 2.01. The number of aryl methyl sites for hydroxylation is 3. The summed E-state index contributed by atoms with van der Waals surface area (Å²) in [4.78, 5) is 23.9. The topological polar surface area (TPSA) is 83.8 Å². The first-order valence-corrected chi connectivity index (χ1v) is 6.83. The van der Waals surface area contributed by atoms with Gasteiger partial charge in [-0.2, -0.15) is 0 Å². The number of amides is 1. The number of aromatic amines is 1. The summed E-state index contributed by atoms with van der Waals surface area (Å²) in [5, 5.41) is 2.92. The van der Waals surface area contributed by atoms with Gasteiger partial charge in [0, 0.05) is 18.3 Å². The van der Waals surface area contributed by atoms with Crippen LogP contribution in [0.4, 0.5) is 0 Å². The molecule has 2 aromatic heterocycles. The molecule has 0 radical (unpaired) electrons. The second-order valence-corrected chi connectivity index (χ2v) is 4.76. The molecule has 2 N–H and O–H groups in total. The minimum Gasteiger partial charge on any atom is -0.435 e. The Hall–Kier alpha value is -2.11. The Bertz CT molecular complexity index is 600. The zero-order chi connectivity index (χ0) is 14.7. The van der Waals surface area contributed by atoms with Gasteiger partial charge >= 0.3 is 0 Å². The predicted molar refractivity (Wildman–Crippen MR) is 74.4 cm³/mol. The molecule has 108 valence electrons. The van der Waals surface area contributed by atoms with Gasteiger partial charge in [-0.15, -0.1) is 0 Å². The monoisotopic (exact) mass is 276 g/mol. The third-order valence-corrected chi connectivity index (χ3v) is 3.12. The lowest BCUT2D eigenvalue weighted by Gasteiger charge is -2.13. The maximum absolute atomic E-state index is 12.3. The number of carbonyl (C=O) groups excluding carboxylic acids is 1. The standard InChI is InChI=1S/C14H20N4O2/c1-5-10(13-15-7-8(3)16-13)18-14(19)12-9(4)17-11(6-2)20-12/h7,10H,5-6H2,1-4H3,(H,15,16)(H,18,19)/t10-/m1/s1. The van der Waals surface area contributed by atoms with Crippen LogP contribution in [-0.2, 0) is 6.42 Å². The highest BCUT2D eigenvalue weighted by molar-refractivity contribution is 5.92. The highest BCUT2D eigenvalue weighted by Crippen LogP contribution is 2.16. The van der Waals surface area contributed by atoms with Gasteiger partial charge in [0.25, 0.3) is 5.91 Å². The lowest BCUT2D eigenvalue weighted by atomic mass is 10.2. The Morgan fingerprint density at radius 3 is 2.70 bits per heavy atom. The molecule has 1 amide bonds. The minimum atomic E-state index is -0.254. The van der Waals surface area contributed by atoms with Crippen molar-refractivity contribution in [3.63, 3.8) is 0 Å². The summed E-state index contributed by atoms with van der Waals surface area (Å²) in [7, 11) is 0. The van der Waals surface area contributed by atoms with E-state index in [4.69, 9.17) is 4.42 Å². The summed E-state index contributed by atoms with van der Waals surface area (Å²) in [6.07, 6.45) is 3.16. The zero-order valence-electron chi connectivity index (χ0n) is 12.3. The van der Waals surface area contributed by atoms with Crippen LogP contribution in [0, 0.1) is 13.8 Å². The van der Waals surface area contributed by atoms with E-state index in [9.17, 15) is 4.79 Å². The fourth-order valence-electron chi connectivity index (χ4n) is 2.01. The molecule has 0 aliphatic rings. The molecule has 0 saturated carbocycles. The van der Waals surface area contributed by atoms with E-state index in [0.717, 1.165) is 17.9 Å². The average molecular weight is 276 g/mol. The van der Waals surface area contributed by atoms with Crippen LogP contribution in [0.1, 0.15) is 60.0 Å². The molecule has 0 spiro atoms. The molecular weight excluding hydrogens is 256 g/mol. The van der Waals surface area contributed by atoms with Crippen LogP contribution in [0.2, 0.25) is 0 Å². The summed E-state index contributed by atoms with van der Waals surface area (Å²) in [5.41, 5.74) is 1.58. The highest BCUT2D eigenvalue weighted by Gasteiger charge is 2.21. The number of H-pyrrole nitrogens is 1. The normalized spacial score (nSPS) is 12.4. The van der Waals surface area contributed by atoms with E-state index in [2.05, 4.69) is 20.3 Å². The maximum Gasteiger partial charge on any atom is 0.289 e. The summed E-state index contributed by atoms with van der Waals surface area (Å²) >= 11 is 0. The number of carbonyl (C=O) groups is 1. The third-order valence-electron chi connectivity index (χ3n) is 3.12. The van der Waals surface area contributed by atoms with E-state index < -0.39 is 0 Å². The second-order valence-electron chi connectivity index (χ2n) is 4.76. The molecule has 0 bridgehead atoms. The molecule has 0 aliphatic heterocycles. The predicted octanol–water partition coefficient (Wildman–Crippen LogP) is 2.46. The fraction of sp³-hybridized carbons (Fsp3) is 0.500. The van der Waals surface area contributed by atoms with Gasteiger partial charge in [0.05, 0.1) is 11.7 Å². The van der Waals surface area contributed by atoms with Crippen molar-refractivity contribution in [2.45, 2.75) is 46.6 Å². The van der Waals surface area contributed by atoms with Crippen molar-refractivity contribution in [2.75, 3.05) is 0 Å². The molecule has 0 aromatic carbocycles. The highest BCUT2D eigenvalue weighted by atomic mass is 16.4. The molecular formula is C14H20N4O2. The number of imidazole rings is 1. The van der Waals surface area contributed by atoms with Crippen LogP contribution in [0.3, 0.4) is 0 Å². The van der Waals surface area contributed by atoms with Crippen LogP contribution in [0.5, 0.6) is 0 Å². The number of rotatable bonds is 5. The van der Waals surface area contributed by atoms with Gasteiger partial charge in [-0.1, -0.05) is 13.8 Å². The molecule has 6 nitrogen and oxygen atoms in total. The lowest BCUT2D eigenvalue weighted by molar-refractivity contribution is 0.0903. The first-order valence-electron chi connectivity index (χ1n) is 6.83. The van der Waals surface area contributed by atoms with E-state index in [0.29, 0.717) is 18.0 Å². The lowest BCUT2D eigenvalue weighted by Crippen LogP contribution is -2.29. The van der Waals surface area contributed by atoms with Crippen molar-refractivity contribution in [1.82, 2.24) is 20.3 Å². The first-order chi connectivity index (χ1) is 9.55. The molecule has 2 aromatic rings.